The van der Waals surface area contributed by atoms with E-state index in [0.29, 0.717) is 35.3 Å². The van der Waals surface area contributed by atoms with E-state index < -0.39 is 0 Å². The Kier molecular flexibility index (Phi) is 4.55. The van der Waals surface area contributed by atoms with Gasteiger partial charge >= 0.3 is 6.01 Å². The first kappa shape index (κ1) is 15.8. The van der Waals surface area contributed by atoms with E-state index in [1.165, 1.54) is 11.9 Å². The van der Waals surface area contributed by atoms with Gasteiger partial charge in [-0.1, -0.05) is 12.1 Å². The highest BCUT2D eigenvalue weighted by molar-refractivity contribution is 5.81. The average Bonchev–Trinajstić information content (AvgIpc) is 2.70. The van der Waals surface area contributed by atoms with E-state index in [1.54, 1.807) is 30.9 Å². The normalized spacial score (nSPS) is 10.6. The molecule has 26 heavy (non-hydrogen) atoms. The van der Waals surface area contributed by atoms with Crippen molar-refractivity contribution in [3.63, 3.8) is 0 Å². The zero-order chi connectivity index (χ0) is 17.6. The number of fused-ring (bicyclic) bond motifs is 1. The van der Waals surface area contributed by atoms with Crippen LogP contribution in [-0.2, 0) is 6.42 Å². The summed E-state index contributed by atoms with van der Waals surface area (Å²) in [6.45, 7) is 0.713. The highest BCUT2D eigenvalue weighted by Crippen LogP contribution is 2.18. The van der Waals surface area contributed by atoms with Crippen molar-refractivity contribution in [2.24, 2.45) is 0 Å². The van der Waals surface area contributed by atoms with Crippen molar-refractivity contribution in [1.29, 1.82) is 0 Å². The SMILES string of the molecule is c1cnc(Oc2ccc(CCNc3ncnc4nccnc34)cc2)nc1. The standard InChI is InChI=1S/C18H15N7O/c1-7-22-18(23-8-1)26-14-4-2-13(3-5-14)6-9-20-16-15-17(25-12-24-16)21-11-10-19-15/h1-5,7-8,10-12H,6,9H2,(H,20,21,24,25). The number of aromatic nitrogens is 6. The van der Waals surface area contributed by atoms with Crippen LogP contribution in [0.15, 0.2) is 61.4 Å². The van der Waals surface area contributed by atoms with Crippen LogP contribution in [-0.4, -0.2) is 36.4 Å². The topological polar surface area (TPSA) is 98.6 Å². The van der Waals surface area contributed by atoms with Crippen LogP contribution in [0, 0.1) is 0 Å². The van der Waals surface area contributed by atoms with E-state index in [1.807, 2.05) is 24.3 Å². The molecule has 3 heterocycles. The lowest BCUT2D eigenvalue weighted by Crippen LogP contribution is -2.08. The monoisotopic (exact) mass is 345 g/mol. The van der Waals surface area contributed by atoms with Gasteiger partial charge in [0.25, 0.3) is 0 Å². The Morgan fingerprint density at radius 2 is 1.62 bits per heavy atom. The van der Waals surface area contributed by atoms with Gasteiger partial charge in [0.2, 0.25) is 0 Å². The van der Waals surface area contributed by atoms with Gasteiger partial charge in [-0.15, -0.1) is 0 Å². The van der Waals surface area contributed by atoms with Gasteiger partial charge in [-0.25, -0.2) is 29.9 Å². The summed E-state index contributed by atoms with van der Waals surface area (Å²) in [7, 11) is 0. The van der Waals surface area contributed by atoms with Gasteiger partial charge in [0.15, 0.2) is 11.5 Å². The Morgan fingerprint density at radius 3 is 2.46 bits per heavy atom. The van der Waals surface area contributed by atoms with Crippen LogP contribution in [0.1, 0.15) is 5.56 Å². The number of nitrogens with one attached hydrogen (secondary N) is 1. The maximum atomic E-state index is 5.59. The second-order valence-electron chi connectivity index (χ2n) is 5.40. The van der Waals surface area contributed by atoms with Gasteiger partial charge in [0.1, 0.15) is 17.6 Å². The van der Waals surface area contributed by atoms with Crippen molar-refractivity contribution in [3.8, 4) is 11.8 Å². The lowest BCUT2D eigenvalue weighted by atomic mass is 10.1. The lowest BCUT2D eigenvalue weighted by Gasteiger charge is -2.08. The number of nitrogens with zero attached hydrogens (tertiary/aromatic N) is 6. The summed E-state index contributed by atoms with van der Waals surface area (Å²) >= 11 is 0. The van der Waals surface area contributed by atoms with Crippen molar-refractivity contribution in [2.45, 2.75) is 6.42 Å². The molecule has 0 aliphatic rings. The van der Waals surface area contributed by atoms with Crippen molar-refractivity contribution >= 4 is 17.0 Å². The molecule has 8 nitrogen and oxygen atoms in total. The minimum absolute atomic E-state index is 0.332. The molecule has 1 N–H and O–H groups in total. The molecule has 0 aliphatic carbocycles. The molecule has 8 heteroatoms. The Labute approximate surface area is 149 Å². The maximum Gasteiger partial charge on any atom is 0.321 e. The van der Waals surface area contributed by atoms with E-state index in [-0.39, 0.29) is 0 Å². The van der Waals surface area contributed by atoms with Crippen LogP contribution in [0.3, 0.4) is 0 Å². The van der Waals surface area contributed by atoms with Gasteiger partial charge in [-0.3, -0.25) is 0 Å². The summed E-state index contributed by atoms with van der Waals surface area (Å²) in [5.74, 6) is 1.38. The third-order valence-electron chi connectivity index (χ3n) is 3.65. The highest BCUT2D eigenvalue weighted by atomic mass is 16.5. The van der Waals surface area contributed by atoms with Crippen LogP contribution < -0.4 is 10.1 Å². The van der Waals surface area contributed by atoms with E-state index in [0.717, 1.165) is 6.42 Å². The molecule has 0 saturated heterocycles. The molecule has 0 unspecified atom stereocenters. The van der Waals surface area contributed by atoms with Gasteiger partial charge < -0.3 is 10.1 Å². The van der Waals surface area contributed by atoms with E-state index in [2.05, 4.69) is 35.2 Å². The molecule has 0 saturated carbocycles. The molecule has 0 aliphatic heterocycles. The average molecular weight is 345 g/mol. The number of rotatable bonds is 6. The van der Waals surface area contributed by atoms with Gasteiger partial charge in [-0.2, -0.15) is 0 Å². The molecule has 3 aromatic heterocycles. The summed E-state index contributed by atoms with van der Waals surface area (Å²) < 4.78 is 5.59. The Bertz CT molecular complexity index is 988. The predicted molar refractivity (Wildman–Crippen MR) is 95.9 cm³/mol. The van der Waals surface area contributed by atoms with Crippen LogP contribution in [0.5, 0.6) is 11.8 Å². The molecule has 0 bridgehead atoms. The third-order valence-corrected chi connectivity index (χ3v) is 3.65. The molecule has 0 radical (unpaired) electrons. The zero-order valence-electron chi connectivity index (χ0n) is 13.8. The fourth-order valence-corrected chi connectivity index (χ4v) is 2.42. The van der Waals surface area contributed by atoms with Crippen LogP contribution in [0.2, 0.25) is 0 Å². The van der Waals surface area contributed by atoms with Crippen molar-refractivity contribution < 1.29 is 4.74 Å². The van der Waals surface area contributed by atoms with Crippen molar-refractivity contribution in [1.82, 2.24) is 29.9 Å². The molecular formula is C18H15N7O. The molecule has 0 spiro atoms. The summed E-state index contributed by atoms with van der Waals surface area (Å²) in [6.07, 6.45) is 8.84. The summed E-state index contributed by atoms with van der Waals surface area (Å²) in [6, 6.07) is 9.90. The molecule has 128 valence electrons. The van der Waals surface area contributed by atoms with E-state index >= 15 is 0 Å². The predicted octanol–water partition coefficient (Wildman–Crippen LogP) is 2.66. The Morgan fingerprint density at radius 1 is 0.808 bits per heavy atom. The number of anilines is 1. The van der Waals surface area contributed by atoms with Crippen LogP contribution >= 0.6 is 0 Å². The second kappa shape index (κ2) is 7.47. The number of ether oxygens (including phenoxy) is 1. The number of hydrogen-bond acceptors (Lipinski definition) is 8. The third kappa shape index (κ3) is 3.69. The molecular weight excluding hydrogens is 330 g/mol. The Hall–Kier alpha value is -3.68. The van der Waals surface area contributed by atoms with E-state index in [4.69, 9.17) is 4.74 Å². The lowest BCUT2D eigenvalue weighted by molar-refractivity contribution is 0.441. The largest absolute Gasteiger partial charge is 0.424 e. The van der Waals surface area contributed by atoms with Gasteiger partial charge in [0, 0.05) is 31.3 Å². The van der Waals surface area contributed by atoms with Gasteiger partial charge in [-0.05, 0) is 30.2 Å². The van der Waals surface area contributed by atoms with Crippen LogP contribution in [0.4, 0.5) is 5.82 Å². The summed E-state index contributed by atoms with van der Waals surface area (Å²) in [4.78, 5) is 24.9. The Balaban J connectivity index is 1.36. The highest BCUT2D eigenvalue weighted by Gasteiger charge is 2.05. The summed E-state index contributed by atoms with van der Waals surface area (Å²) in [5, 5.41) is 3.29. The molecule has 0 fully saturated rings. The van der Waals surface area contributed by atoms with Crippen molar-refractivity contribution in [2.75, 3.05) is 11.9 Å². The molecule has 0 amide bonds. The first-order chi connectivity index (χ1) is 12.9. The fourth-order valence-electron chi connectivity index (χ4n) is 2.42. The number of hydrogen-bond donors (Lipinski definition) is 1. The van der Waals surface area contributed by atoms with Crippen LogP contribution in [0.25, 0.3) is 11.2 Å². The molecule has 1 aromatic carbocycles. The molecule has 4 aromatic rings. The first-order valence-corrected chi connectivity index (χ1v) is 8.08. The van der Waals surface area contributed by atoms with Crippen molar-refractivity contribution in [3.05, 3.63) is 67.0 Å². The molecule has 0 atom stereocenters. The zero-order valence-corrected chi connectivity index (χ0v) is 13.8. The summed E-state index contributed by atoms with van der Waals surface area (Å²) in [5.41, 5.74) is 2.42. The first-order valence-electron chi connectivity index (χ1n) is 8.08. The number of benzene rings is 1. The fraction of sp³-hybridized carbons (Fsp3) is 0.111. The van der Waals surface area contributed by atoms with Gasteiger partial charge in [0.05, 0.1) is 0 Å². The smallest absolute Gasteiger partial charge is 0.321 e. The minimum atomic E-state index is 0.332. The van der Waals surface area contributed by atoms with E-state index in [9.17, 15) is 0 Å². The second-order valence-corrected chi connectivity index (χ2v) is 5.40. The quantitative estimate of drug-likeness (QED) is 0.569. The molecule has 4 rings (SSSR count). The maximum absolute atomic E-state index is 5.59. The minimum Gasteiger partial charge on any atom is -0.424 e.